The highest BCUT2D eigenvalue weighted by Gasteiger charge is 2.25. The Bertz CT molecular complexity index is 1230. The predicted octanol–water partition coefficient (Wildman–Crippen LogP) is 3.90. The predicted molar refractivity (Wildman–Crippen MR) is 126 cm³/mol. The highest BCUT2D eigenvalue weighted by atomic mass is 16.5. The Morgan fingerprint density at radius 3 is 2.79 bits per heavy atom. The molecule has 0 saturated heterocycles. The lowest BCUT2D eigenvalue weighted by Gasteiger charge is -2.28. The van der Waals surface area contributed by atoms with Crippen LogP contribution in [0.3, 0.4) is 0 Å². The first-order valence-electron chi connectivity index (χ1n) is 11.5. The zero-order valence-electron chi connectivity index (χ0n) is 18.9. The van der Waals surface area contributed by atoms with E-state index in [9.17, 15) is 4.79 Å². The number of anilines is 1. The van der Waals surface area contributed by atoms with E-state index in [0.717, 1.165) is 37.9 Å². The smallest absolute Gasteiger partial charge is 0.274 e. The summed E-state index contributed by atoms with van der Waals surface area (Å²) in [6.07, 6.45) is 14.4. The molecule has 1 saturated carbocycles. The van der Waals surface area contributed by atoms with Gasteiger partial charge in [0.05, 0.1) is 35.9 Å². The Morgan fingerprint density at radius 2 is 2.06 bits per heavy atom. The minimum atomic E-state index is -0.324. The topological polar surface area (TPSA) is 124 Å². The maximum atomic E-state index is 13.1. The number of aromatic amines is 1. The molecule has 5 rings (SSSR count). The molecule has 4 aromatic rings. The zero-order chi connectivity index (χ0) is 23.3. The second-order valence-corrected chi connectivity index (χ2v) is 8.20. The van der Waals surface area contributed by atoms with E-state index in [-0.39, 0.29) is 11.9 Å². The molecule has 0 aliphatic heterocycles. The van der Waals surface area contributed by atoms with Crippen molar-refractivity contribution < 1.29 is 9.53 Å². The van der Waals surface area contributed by atoms with E-state index in [4.69, 9.17) is 9.84 Å². The number of hydrogen-bond acceptors (Lipinski definition) is 7. The second kappa shape index (κ2) is 9.92. The summed E-state index contributed by atoms with van der Waals surface area (Å²) in [4.78, 5) is 26.2. The fourth-order valence-electron chi connectivity index (χ4n) is 4.29. The largest absolute Gasteiger partial charge is 0.379 e. The first-order valence-corrected chi connectivity index (χ1v) is 11.5. The number of carbonyl (C=O) groups excluding carboxylic acids is 1. The Hall–Kier alpha value is -3.92. The number of aromatic nitrogens is 7. The SMILES string of the molecule is CCOC1CCC(n2cc(NC(=O)c3cccc(-c4cn[nH]c4)n3)c(-c3cnccn3)n2)CC1. The number of rotatable bonds is 7. The van der Waals surface area contributed by atoms with Crippen molar-refractivity contribution in [1.82, 2.24) is 34.9 Å². The summed E-state index contributed by atoms with van der Waals surface area (Å²) in [6.45, 7) is 2.77. The van der Waals surface area contributed by atoms with Crippen molar-refractivity contribution >= 4 is 11.6 Å². The number of hydrogen-bond donors (Lipinski definition) is 2. The maximum Gasteiger partial charge on any atom is 0.274 e. The third-order valence-corrected chi connectivity index (χ3v) is 5.98. The summed E-state index contributed by atoms with van der Waals surface area (Å²) >= 11 is 0. The lowest BCUT2D eigenvalue weighted by Crippen LogP contribution is -2.24. The van der Waals surface area contributed by atoms with Crippen molar-refractivity contribution in [3.63, 3.8) is 0 Å². The number of pyridine rings is 1. The normalized spacial score (nSPS) is 18.0. The molecule has 0 bridgehead atoms. The Morgan fingerprint density at radius 1 is 1.18 bits per heavy atom. The van der Waals surface area contributed by atoms with E-state index < -0.39 is 0 Å². The molecule has 10 heteroatoms. The van der Waals surface area contributed by atoms with Crippen molar-refractivity contribution in [3.05, 3.63) is 61.1 Å². The molecule has 1 amide bonds. The molecule has 1 fully saturated rings. The highest BCUT2D eigenvalue weighted by molar-refractivity contribution is 6.04. The number of H-pyrrole nitrogens is 1. The van der Waals surface area contributed by atoms with Crippen molar-refractivity contribution in [2.45, 2.75) is 44.8 Å². The Balaban J connectivity index is 1.40. The van der Waals surface area contributed by atoms with Gasteiger partial charge in [0.25, 0.3) is 5.91 Å². The molecule has 34 heavy (non-hydrogen) atoms. The number of ether oxygens (including phenoxy) is 1. The van der Waals surface area contributed by atoms with Crippen LogP contribution in [0.25, 0.3) is 22.6 Å². The standard InChI is InChI=1S/C24H26N8O2/c1-2-34-18-8-6-17(7-9-18)32-15-22(23(31-32)21-14-25-10-11-26-21)30-24(33)20-5-3-4-19(29-20)16-12-27-28-13-16/h3-5,10-15,17-18H,2,6-9H2,1H3,(H,27,28)(H,30,33). The van der Waals surface area contributed by atoms with Crippen LogP contribution in [0.5, 0.6) is 0 Å². The molecule has 0 radical (unpaired) electrons. The van der Waals surface area contributed by atoms with Crippen LogP contribution in [0, 0.1) is 0 Å². The second-order valence-electron chi connectivity index (χ2n) is 8.20. The van der Waals surface area contributed by atoms with E-state index in [2.05, 4.69) is 30.5 Å². The van der Waals surface area contributed by atoms with Crippen LogP contribution in [-0.2, 0) is 4.74 Å². The number of carbonyl (C=O) groups is 1. The molecule has 174 valence electrons. The fraction of sp³-hybridized carbons (Fsp3) is 0.333. The summed E-state index contributed by atoms with van der Waals surface area (Å²) in [5.74, 6) is -0.324. The average molecular weight is 459 g/mol. The Kier molecular flexibility index (Phi) is 6.39. The lowest BCUT2D eigenvalue weighted by atomic mass is 9.93. The molecule has 10 nitrogen and oxygen atoms in total. The Labute approximate surface area is 196 Å². The third kappa shape index (κ3) is 4.72. The molecule has 0 aromatic carbocycles. The number of nitrogens with zero attached hydrogens (tertiary/aromatic N) is 6. The summed E-state index contributed by atoms with van der Waals surface area (Å²) in [6, 6.07) is 5.55. The fourth-order valence-corrected chi connectivity index (χ4v) is 4.29. The van der Waals surface area contributed by atoms with Gasteiger partial charge in [0, 0.05) is 37.0 Å². The maximum absolute atomic E-state index is 13.1. The molecule has 1 aliphatic rings. The van der Waals surface area contributed by atoms with E-state index in [0.29, 0.717) is 34.6 Å². The lowest BCUT2D eigenvalue weighted by molar-refractivity contribution is 0.0260. The quantitative estimate of drug-likeness (QED) is 0.430. The van der Waals surface area contributed by atoms with Crippen LogP contribution >= 0.6 is 0 Å². The van der Waals surface area contributed by atoms with Crippen LogP contribution < -0.4 is 5.32 Å². The van der Waals surface area contributed by atoms with Crippen molar-refractivity contribution in [2.24, 2.45) is 0 Å². The van der Waals surface area contributed by atoms with E-state index >= 15 is 0 Å². The highest BCUT2D eigenvalue weighted by Crippen LogP contribution is 2.33. The monoisotopic (exact) mass is 458 g/mol. The van der Waals surface area contributed by atoms with Crippen molar-refractivity contribution in [2.75, 3.05) is 11.9 Å². The van der Waals surface area contributed by atoms with Gasteiger partial charge in [0.1, 0.15) is 17.1 Å². The van der Waals surface area contributed by atoms with Gasteiger partial charge in [-0.25, -0.2) is 4.98 Å². The third-order valence-electron chi connectivity index (χ3n) is 5.98. The van der Waals surface area contributed by atoms with Crippen LogP contribution in [0.1, 0.15) is 49.1 Å². The van der Waals surface area contributed by atoms with Crippen LogP contribution in [-0.4, -0.2) is 53.5 Å². The summed E-state index contributed by atoms with van der Waals surface area (Å²) in [5, 5.41) is 14.5. The van der Waals surface area contributed by atoms with Crippen LogP contribution in [0.15, 0.2) is 55.4 Å². The molecule has 4 aromatic heterocycles. The van der Waals surface area contributed by atoms with Gasteiger partial charge in [0.2, 0.25) is 0 Å². The van der Waals surface area contributed by atoms with Gasteiger partial charge in [-0.3, -0.25) is 24.5 Å². The van der Waals surface area contributed by atoms with Gasteiger partial charge in [-0.1, -0.05) is 6.07 Å². The molecule has 0 unspecified atom stereocenters. The molecule has 4 heterocycles. The molecule has 2 N–H and O–H groups in total. The molecule has 1 aliphatic carbocycles. The van der Waals surface area contributed by atoms with Gasteiger partial charge in [0.15, 0.2) is 0 Å². The van der Waals surface area contributed by atoms with Crippen molar-refractivity contribution in [1.29, 1.82) is 0 Å². The first-order chi connectivity index (χ1) is 16.7. The van der Waals surface area contributed by atoms with Gasteiger partial charge < -0.3 is 10.1 Å². The number of amides is 1. The van der Waals surface area contributed by atoms with E-state index in [1.807, 2.05) is 23.9 Å². The minimum Gasteiger partial charge on any atom is -0.379 e. The summed E-state index contributed by atoms with van der Waals surface area (Å²) in [7, 11) is 0. The summed E-state index contributed by atoms with van der Waals surface area (Å²) in [5.41, 5.74) is 3.53. The minimum absolute atomic E-state index is 0.236. The molecule has 0 spiro atoms. The average Bonchev–Trinajstić information content (AvgIpc) is 3.56. The zero-order valence-corrected chi connectivity index (χ0v) is 18.9. The molecular formula is C24H26N8O2. The van der Waals surface area contributed by atoms with Gasteiger partial charge in [-0.05, 0) is 44.7 Å². The van der Waals surface area contributed by atoms with Crippen LogP contribution in [0.4, 0.5) is 5.69 Å². The summed E-state index contributed by atoms with van der Waals surface area (Å²) < 4.78 is 7.73. The number of nitrogens with one attached hydrogen (secondary N) is 2. The van der Waals surface area contributed by atoms with Gasteiger partial charge in [-0.2, -0.15) is 10.2 Å². The van der Waals surface area contributed by atoms with E-state index in [1.165, 1.54) is 0 Å². The van der Waals surface area contributed by atoms with Crippen molar-refractivity contribution in [3.8, 4) is 22.6 Å². The molecular weight excluding hydrogens is 432 g/mol. The van der Waals surface area contributed by atoms with Gasteiger partial charge in [-0.15, -0.1) is 0 Å². The molecule has 0 atom stereocenters. The first kappa shape index (κ1) is 21.9. The van der Waals surface area contributed by atoms with Crippen LogP contribution in [0.2, 0.25) is 0 Å². The van der Waals surface area contributed by atoms with Gasteiger partial charge >= 0.3 is 0 Å². The van der Waals surface area contributed by atoms with E-state index in [1.54, 1.807) is 43.1 Å².